The smallest absolute Gasteiger partial charge is 0.224 e. The molecule has 1 amide bonds. The zero-order valence-electron chi connectivity index (χ0n) is 11.3. The van der Waals surface area contributed by atoms with Crippen LogP contribution in [-0.2, 0) is 4.79 Å². The molecule has 1 aromatic heterocycles. The second kappa shape index (κ2) is 7.58. The first-order valence-corrected chi connectivity index (χ1v) is 7.37. The molecule has 1 aromatic carbocycles. The van der Waals surface area contributed by atoms with Crippen LogP contribution in [0.15, 0.2) is 41.8 Å². The molecule has 7 heteroatoms. The Morgan fingerprint density at radius 2 is 2.24 bits per heavy atom. The van der Waals surface area contributed by atoms with Crippen molar-refractivity contribution in [2.45, 2.75) is 17.9 Å². The van der Waals surface area contributed by atoms with Crippen LogP contribution >= 0.6 is 11.8 Å². The van der Waals surface area contributed by atoms with Gasteiger partial charge in [-0.3, -0.25) is 9.78 Å². The van der Waals surface area contributed by atoms with Crippen molar-refractivity contribution in [3.8, 4) is 0 Å². The zero-order chi connectivity index (χ0) is 15.1. The number of carbonyl (C=O) groups excluding carboxylic acids is 1. The summed E-state index contributed by atoms with van der Waals surface area (Å²) in [7, 11) is 0. The van der Waals surface area contributed by atoms with Gasteiger partial charge in [0, 0.05) is 24.6 Å². The van der Waals surface area contributed by atoms with Gasteiger partial charge in [-0.05, 0) is 24.6 Å². The topological polar surface area (TPSA) is 80.9 Å². The Morgan fingerprint density at radius 3 is 2.95 bits per heavy atom. The van der Waals surface area contributed by atoms with Crippen LogP contribution in [0.3, 0.4) is 0 Å². The number of nitrogen functional groups attached to an aromatic ring is 1. The second-order valence-corrected chi connectivity index (χ2v) is 5.39. The number of nitrogens with one attached hydrogen (secondary N) is 1. The molecular formula is C14H15FN4OS. The Hall–Kier alpha value is -2.15. The Labute approximate surface area is 126 Å². The molecule has 2 rings (SSSR count). The van der Waals surface area contributed by atoms with Crippen molar-refractivity contribution in [1.82, 2.24) is 9.97 Å². The highest BCUT2D eigenvalue weighted by molar-refractivity contribution is 7.99. The lowest BCUT2D eigenvalue weighted by Crippen LogP contribution is -2.13. The quantitative estimate of drug-likeness (QED) is 0.487. The van der Waals surface area contributed by atoms with Gasteiger partial charge >= 0.3 is 0 Å². The average molecular weight is 306 g/mol. The molecule has 0 aliphatic carbocycles. The van der Waals surface area contributed by atoms with Gasteiger partial charge in [-0.25, -0.2) is 9.37 Å². The maximum atomic E-state index is 12.9. The number of hydrogen-bond donors (Lipinski definition) is 2. The van der Waals surface area contributed by atoms with Gasteiger partial charge in [0.05, 0.1) is 17.6 Å². The van der Waals surface area contributed by atoms with Crippen LogP contribution in [0.2, 0.25) is 0 Å². The fraction of sp³-hybridized carbons (Fsp3) is 0.214. The number of rotatable bonds is 6. The number of carbonyl (C=O) groups is 1. The fourth-order valence-electron chi connectivity index (χ4n) is 1.63. The highest BCUT2D eigenvalue weighted by Crippen LogP contribution is 2.20. The van der Waals surface area contributed by atoms with Gasteiger partial charge in [0.15, 0.2) is 0 Å². The van der Waals surface area contributed by atoms with E-state index in [1.54, 1.807) is 30.4 Å². The van der Waals surface area contributed by atoms with Gasteiger partial charge in [-0.15, -0.1) is 11.8 Å². The standard InChI is InChI=1S/C14H15FN4OS/c15-10-3-4-12(11(16)8-10)19-13(20)2-1-7-21-14-9-17-5-6-18-14/h3-6,8-9H,1-2,7,16H2,(H,19,20). The highest BCUT2D eigenvalue weighted by Gasteiger charge is 2.06. The van der Waals surface area contributed by atoms with Gasteiger partial charge in [-0.2, -0.15) is 0 Å². The van der Waals surface area contributed by atoms with E-state index in [1.165, 1.54) is 18.2 Å². The van der Waals surface area contributed by atoms with E-state index in [9.17, 15) is 9.18 Å². The summed E-state index contributed by atoms with van der Waals surface area (Å²) in [5.41, 5.74) is 6.28. The summed E-state index contributed by atoms with van der Waals surface area (Å²) >= 11 is 1.55. The van der Waals surface area contributed by atoms with Crippen LogP contribution in [0.25, 0.3) is 0 Å². The molecule has 0 aliphatic rings. The summed E-state index contributed by atoms with van der Waals surface area (Å²) in [5, 5.41) is 3.50. The van der Waals surface area contributed by atoms with E-state index in [-0.39, 0.29) is 11.6 Å². The lowest BCUT2D eigenvalue weighted by molar-refractivity contribution is -0.116. The van der Waals surface area contributed by atoms with Crippen molar-refractivity contribution >= 4 is 29.0 Å². The fourth-order valence-corrected chi connectivity index (χ4v) is 2.40. The first-order chi connectivity index (χ1) is 10.1. The number of aromatic nitrogens is 2. The average Bonchev–Trinajstić information content (AvgIpc) is 2.48. The number of anilines is 2. The molecule has 1 heterocycles. The molecule has 0 spiro atoms. The first-order valence-electron chi connectivity index (χ1n) is 6.39. The molecule has 21 heavy (non-hydrogen) atoms. The van der Waals surface area contributed by atoms with E-state index >= 15 is 0 Å². The molecular weight excluding hydrogens is 291 g/mol. The van der Waals surface area contributed by atoms with Gasteiger partial charge in [0.1, 0.15) is 10.8 Å². The minimum absolute atomic E-state index is 0.145. The third kappa shape index (κ3) is 5.03. The third-order valence-electron chi connectivity index (χ3n) is 2.63. The molecule has 0 aliphatic heterocycles. The van der Waals surface area contributed by atoms with Crippen molar-refractivity contribution in [1.29, 1.82) is 0 Å². The SMILES string of the molecule is Nc1cc(F)ccc1NC(=O)CCCSc1cnccn1. The van der Waals surface area contributed by atoms with Gasteiger partial charge in [-0.1, -0.05) is 0 Å². The number of nitrogens with two attached hydrogens (primary N) is 1. The van der Waals surface area contributed by atoms with E-state index in [2.05, 4.69) is 15.3 Å². The van der Waals surface area contributed by atoms with Gasteiger partial charge in [0.25, 0.3) is 0 Å². The highest BCUT2D eigenvalue weighted by atomic mass is 32.2. The van der Waals surface area contributed by atoms with E-state index in [0.29, 0.717) is 18.5 Å². The van der Waals surface area contributed by atoms with E-state index in [0.717, 1.165) is 10.8 Å². The molecule has 0 atom stereocenters. The van der Waals surface area contributed by atoms with Crippen LogP contribution in [0.4, 0.5) is 15.8 Å². The van der Waals surface area contributed by atoms with Crippen LogP contribution in [-0.4, -0.2) is 21.6 Å². The molecule has 0 radical (unpaired) electrons. The largest absolute Gasteiger partial charge is 0.397 e. The van der Waals surface area contributed by atoms with Gasteiger partial charge < -0.3 is 11.1 Å². The minimum Gasteiger partial charge on any atom is -0.397 e. The molecule has 5 nitrogen and oxygen atoms in total. The Kier molecular flexibility index (Phi) is 5.51. The van der Waals surface area contributed by atoms with Crippen LogP contribution in [0.1, 0.15) is 12.8 Å². The summed E-state index contributed by atoms with van der Waals surface area (Å²) in [4.78, 5) is 19.9. The predicted octanol–water partition coefficient (Wildman–Crippen LogP) is 2.71. The summed E-state index contributed by atoms with van der Waals surface area (Å²) in [6, 6.07) is 3.90. The normalized spacial score (nSPS) is 10.3. The Balaban J connectivity index is 1.72. The van der Waals surface area contributed by atoms with Crippen molar-refractivity contribution in [2.75, 3.05) is 16.8 Å². The van der Waals surface area contributed by atoms with E-state index in [4.69, 9.17) is 5.73 Å². The lowest BCUT2D eigenvalue weighted by Gasteiger charge is -2.08. The number of halogens is 1. The number of hydrogen-bond acceptors (Lipinski definition) is 5. The summed E-state index contributed by atoms with van der Waals surface area (Å²) in [6.07, 6.45) is 6.00. The molecule has 110 valence electrons. The van der Waals surface area contributed by atoms with Crippen molar-refractivity contribution in [3.05, 3.63) is 42.6 Å². The summed E-state index contributed by atoms with van der Waals surface area (Å²) < 4.78 is 12.9. The molecule has 2 aromatic rings. The Morgan fingerprint density at radius 1 is 1.38 bits per heavy atom. The lowest BCUT2D eigenvalue weighted by atomic mass is 10.2. The van der Waals surface area contributed by atoms with Crippen LogP contribution < -0.4 is 11.1 Å². The maximum Gasteiger partial charge on any atom is 0.224 e. The van der Waals surface area contributed by atoms with Gasteiger partial charge in [0.2, 0.25) is 5.91 Å². The monoisotopic (exact) mass is 306 g/mol. The molecule has 0 fully saturated rings. The van der Waals surface area contributed by atoms with E-state index < -0.39 is 5.82 Å². The summed E-state index contributed by atoms with van der Waals surface area (Å²) in [5.74, 6) is 0.198. The molecule has 0 bridgehead atoms. The number of nitrogens with zero attached hydrogens (tertiary/aromatic N) is 2. The zero-order valence-corrected chi connectivity index (χ0v) is 12.1. The number of amides is 1. The first kappa shape index (κ1) is 15.2. The predicted molar refractivity (Wildman–Crippen MR) is 81.4 cm³/mol. The molecule has 3 N–H and O–H groups in total. The Bertz CT molecular complexity index is 609. The molecule has 0 saturated heterocycles. The maximum absolute atomic E-state index is 12.9. The van der Waals surface area contributed by atoms with Crippen molar-refractivity contribution in [2.24, 2.45) is 0 Å². The molecule has 0 unspecified atom stereocenters. The van der Waals surface area contributed by atoms with Crippen LogP contribution in [0, 0.1) is 5.82 Å². The van der Waals surface area contributed by atoms with Crippen LogP contribution in [0.5, 0.6) is 0 Å². The summed E-state index contributed by atoms with van der Waals surface area (Å²) in [6.45, 7) is 0. The third-order valence-corrected chi connectivity index (χ3v) is 3.62. The molecule has 0 saturated carbocycles. The minimum atomic E-state index is -0.425. The van der Waals surface area contributed by atoms with E-state index in [1.807, 2.05) is 0 Å². The number of benzene rings is 1. The second-order valence-electron chi connectivity index (χ2n) is 4.28. The number of thioether (sulfide) groups is 1. The van der Waals surface area contributed by atoms with Crippen molar-refractivity contribution < 1.29 is 9.18 Å². The van der Waals surface area contributed by atoms with Crippen molar-refractivity contribution in [3.63, 3.8) is 0 Å².